The van der Waals surface area contributed by atoms with Crippen LogP contribution in [0.4, 0.5) is 0 Å². The first-order chi connectivity index (χ1) is 7.27. The molecule has 0 fully saturated rings. The molecule has 0 aliphatic carbocycles. The van der Waals surface area contributed by atoms with Crippen LogP contribution in [0.2, 0.25) is 0 Å². The smallest absolute Gasteiger partial charge is 0.180 e. The Labute approximate surface area is 90.0 Å². The molecule has 0 spiro atoms. The zero-order valence-corrected chi connectivity index (χ0v) is 8.86. The third-order valence-electron chi connectivity index (χ3n) is 2.72. The van der Waals surface area contributed by atoms with Gasteiger partial charge in [0.1, 0.15) is 0 Å². The molecular weight excluding hydrogens is 186 g/mol. The van der Waals surface area contributed by atoms with Gasteiger partial charge in [0, 0.05) is 12.1 Å². The number of hydrogen-bond acceptors (Lipinski definition) is 2. The maximum Gasteiger partial charge on any atom is 0.180 e. The number of ketones is 1. The third-order valence-corrected chi connectivity index (χ3v) is 2.72. The summed E-state index contributed by atoms with van der Waals surface area (Å²) < 4.78 is 0. The van der Waals surface area contributed by atoms with Crippen molar-refractivity contribution in [3.8, 4) is 0 Å². The van der Waals surface area contributed by atoms with Crippen LogP contribution < -0.4 is 5.32 Å². The zero-order valence-electron chi connectivity index (χ0n) is 8.86. The predicted octanol–water partition coefficient (Wildman–Crippen LogP) is 2.18. The van der Waals surface area contributed by atoms with E-state index in [1.807, 2.05) is 30.3 Å². The second-order valence-electron chi connectivity index (χ2n) is 3.95. The fraction of sp³-hybridized carbons (Fsp3) is 0.308. The molecule has 78 valence electrons. The van der Waals surface area contributed by atoms with Crippen molar-refractivity contribution in [1.29, 1.82) is 0 Å². The van der Waals surface area contributed by atoms with E-state index >= 15 is 0 Å². The second-order valence-corrected chi connectivity index (χ2v) is 3.95. The van der Waals surface area contributed by atoms with Gasteiger partial charge in [-0.25, -0.2) is 0 Å². The Kier molecular flexibility index (Phi) is 2.97. The topological polar surface area (TPSA) is 29.1 Å². The molecule has 15 heavy (non-hydrogen) atoms. The molecule has 2 nitrogen and oxygen atoms in total. The number of nitrogens with one attached hydrogen (secondary N) is 1. The number of carbonyl (C=O) groups is 1. The lowest BCUT2D eigenvalue weighted by Crippen LogP contribution is -2.39. The van der Waals surface area contributed by atoms with Crippen LogP contribution in [0.25, 0.3) is 0 Å². The van der Waals surface area contributed by atoms with Crippen molar-refractivity contribution in [1.82, 2.24) is 5.32 Å². The molecule has 1 unspecified atom stereocenters. The molecular formula is C13H15NO. The zero-order chi connectivity index (χ0) is 10.7. The average Bonchev–Trinajstić information content (AvgIpc) is 2.29. The molecule has 0 aromatic heterocycles. The summed E-state index contributed by atoms with van der Waals surface area (Å²) in [6, 6.07) is 9.43. The highest BCUT2D eigenvalue weighted by molar-refractivity contribution is 6.00. The van der Waals surface area contributed by atoms with Crippen molar-refractivity contribution < 1.29 is 4.79 Å². The minimum absolute atomic E-state index is 0.0441. The van der Waals surface area contributed by atoms with Gasteiger partial charge in [-0.3, -0.25) is 4.79 Å². The predicted molar refractivity (Wildman–Crippen MR) is 60.9 cm³/mol. The Morgan fingerprint density at radius 2 is 2.07 bits per heavy atom. The molecule has 0 radical (unpaired) electrons. The number of hydrogen-bond donors (Lipinski definition) is 1. The first-order valence-corrected chi connectivity index (χ1v) is 5.25. The van der Waals surface area contributed by atoms with E-state index < -0.39 is 0 Å². The minimum atomic E-state index is -0.0441. The molecule has 2 heteroatoms. The molecule has 1 aromatic carbocycles. The van der Waals surface area contributed by atoms with Gasteiger partial charge in [0.05, 0.1) is 6.04 Å². The lowest BCUT2D eigenvalue weighted by Gasteiger charge is -2.21. The summed E-state index contributed by atoms with van der Waals surface area (Å²) in [5, 5.41) is 3.22. The Balaban J connectivity index is 2.12. The van der Waals surface area contributed by atoms with Gasteiger partial charge in [-0.15, -0.1) is 0 Å². The number of rotatable bonds is 2. The van der Waals surface area contributed by atoms with E-state index in [9.17, 15) is 4.79 Å². The molecule has 2 rings (SSSR count). The summed E-state index contributed by atoms with van der Waals surface area (Å²) in [7, 11) is 0. The van der Waals surface area contributed by atoms with E-state index in [1.54, 1.807) is 0 Å². The number of benzene rings is 1. The van der Waals surface area contributed by atoms with Crippen molar-refractivity contribution in [2.24, 2.45) is 0 Å². The summed E-state index contributed by atoms with van der Waals surface area (Å²) in [5.74, 6) is 0.197. The van der Waals surface area contributed by atoms with E-state index in [2.05, 4.69) is 18.3 Å². The molecule has 0 saturated heterocycles. The Bertz CT molecular complexity index is 381. The molecule has 1 atom stereocenters. The molecule has 1 aliphatic heterocycles. The SMILES string of the molecule is CC1=CCNC(C(=O)c2ccccc2)C1. The quantitative estimate of drug-likeness (QED) is 0.587. The Hall–Kier alpha value is -1.41. The molecule has 1 N–H and O–H groups in total. The van der Waals surface area contributed by atoms with Crippen molar-refractivity contribution in [2.45, 2.75) is 19.4 Å². The number of Topliss-reactive ketones (excluding diaryl/α,β-unsaturated/α-hetero) is 1. The van der Waals surface area contributed by atoms with Gasteiger partial charge >= 0.3 is 0 Å². The summed E-state index contributed by atoms with van der Waals surface area (Å²) >= 11 is 0. The monoisotopic (exact) mass is 201 g/mol. The van der Waals surface area contributed by atoms with Gasteiger partial charge in [-0.1, -0.05) is 42.0 Å². The van der Waals surface area contributed by atoms with E-state index in [-0.39, 0.29) is 11.8 Å². The second kappa shape index (κ2) is 4.41. The molecule has 1 aliphatic rings. The van der Waals surface area contributed by atoms with E-state index in [4.69, 9.17) is 0 Å². The molecule has 1 heterocycles. The maximum atomic E-state index is 12.1. The summed E-state index contributed by atoms with van der Waals surface area (Å²) in [6.07, 6.45) is 2.96. The van der Waals surface area contributed by atoms with Gasteiger partial charge in [0.15, 0.2) is 5.78 Å². The first kappa shape index (κ1) is 10.1. The van der Waals surface area contributed by atoms with Crippen molar-refractivity contribution >= 4 is 5.78 Å². The lowest BCUT2D eigenvalue weighted by molar-refractivity contribution is 0.0942. The average molecular weight is 201 g/mol. The summed E-state index contributed by atoms with van der Waals surface area (Å²) in [4.78, 5) is 12.1. The van der Waals surface area contributed by atoms with E-state index in [1.165, 1.54) is 5.57 Å². The molecule has 1 aromatic rings. The molecule has 0 amide bonds. The normalized spacial score (nSPS) is 20.9. The van der Waals surface area contributed by atoms with Crippen LogP contribution >= 0.6 is 0 Å². The van der Waals surface area contributed by atoms with Crippen molar-refractivity contribution in [3.63, 3.8) is 0 Å². The first-order valence-electron chi connectivity index (χ1n) is 5.25. The largest absolute Gasteiger partial charge is 0.303 e. The van der Waals surface area contributed by atoms with Crippen LogP contribution in [-0.4, -0.2) is 18.4 Å². The van der Waals surface area contributed by atoms with Crippen LogP contribution in [0.15, 0.2) is 42.0 Å². The molecule has 0 saturated carbocycles. The minimum Gasteiger partial charge on any atom is -0.303 e. The molecule has 0 bridgehead atoms. The highest BCUT2D eigenvalue weighted by Gasteiger charge is 2.21. The van der Waals surface area contributed by atoms with Gasteiger partial charge in [-0.05, 0) is 13.3 Å². The third kappa shape index (κ3) is 2.34. The Morgan fingerprint density at radius 1 is 1.33 bits per heavy atom. The Morgan fingerprint density at radius 3 is 2.73 bits per heavy atom. The maximum absolute atomic E-state index is 12.1. The van der Waals surface area contributed by atoms with Crippen LogP contribution in [0.1, 0.15) is 23.7 Å². The highest BCUT2D eigenvalue weighted by Crippen LogP contribution is 2.13. The van der Waals surface area contributed by atoms with Gasteiger partial charge < -0.3 is 5.32 Å². The standard InChI is InChI=1S/C13H15NO/c1-10-7-8-14-12(9-10)13(15)11-5-3-2-4-6-11/h2-7,12,14H,8-9H2,1H3. The fourth-order valence-electron chi connectivity index (χ4n) is 1.84. The van der Waals surface area contributed by atoms with Gasteiger partial charge in [0.2, 0.25) is 0 Å². The van der Waals surface area contributed by atoms with Crippen LogP contribution in [0.5, 0.6) is 0 Å². The fourth-order valence-corrected chi connectivity index (χ4v) is 1.84. The van der Waals surface area contributed by atoms with Crippen LogP contribution in [-0.2, 0) is 0 Å². The van der Waals surface area contributed by atoms with Gasteiger partial charge in [0.25, 0.3) is 0 Å². The van der Waals surface area contributed by atoms with Crippen LogP contribution in [0.3, 0.4) is 0 Å². The van der Waals surface area contributed by atoms with Crippen LogP contribution in [0, 0.1) is 0 Å². The lowest BCUT2D eigenvalue weighted by atomic mass is 9.96. The van der Waals surface area contributed by atoms with Crippen molar-refractivity contribution in [3.05, 3.63) is 47.5 Å². The summed E-state index contributed by atoms with van der Waals surface area (Å²) in [6.45, 7) is 2.88. The highest BCUT2D eigenvalue weighted by atomic mass is 16.1. The van der Waals surface area contributed by atoms with Gasteiger partial charge in [-0.2, -0.15) is 0 Å². The number of carbonyl (C=O) groups excluding carboxylic acids is 1. The van der Waals surface area contributed by atoms with E-state index in [0.717, 1.165) is 18.5 Å². The van der Waals surface area contributed by atoms with E-state index in [0.29, 0.717) is 0 Å². The van der Waals surface area contributed by atoms with Crippen molar-refractivity contribution in [2.75, 3.05) is 6.54 Å². The summed E-state index contributed by atoms with van der Waals surface area (Å²) in [5.41, 5.74) is 2.09.